The molecule has 0 saturated carbocycles. The third-order valence-electron chi connectivity index (χ3n) is 5.47. The Balaban J connectivity index is 1.64. The number of piperidine rings is 1. The van der Waals surface area contributed by atoms with Gasteiger partial charge in [-0.2, -0.15) is 0 Å². The molecule has 25 heavy (non-hydrogen) atoms. The summed E-state index contributed by atoms with van der Waals surface area (Å²) in [6, 6.07) is 5.02. The third-order valence-corrected chi connectivity index (χ3v) is 5.47. The number of nitrogens with zero attached hydrogens (tertiary/aromatic N) is 2. The van der Waals surface area contributed by atoms with Crippen LogP contribution in [0.25, 0.3) is 0 Å². The van der Waals surface area contributed by atoms with Gasteiger partial charge in [0, 0.05) is 37.8 Å². The average Bonchev–Trinajstić information content (AvgIpc) is 2.63. The van der Waals surface area contributed by atoms with E-state index >= 15 is 0 Å². The Morgan fingerprint density at radius 2 is 2.08 bits per heavy atom. The molecule has 0 aromatic heterocycles. The van der Waals surface area contributed by atoms with E-state index in [0.717, 1.165) is 52.2 Å². The summed E-state index contributed by atoms with van der Waals surface area (Å²) in [5.74, 6) is -0.104. The van der Waals surface area contributed by atoms with Gasteiger partial charge in [0.25, 0.3) is 5.91 Å². The first kappa shape index (κ1) is 18.1. The van der Waals surface area contributed by atoms with Crippen molar-refractivity contribution in [3.8, 4) is 0 Å². The number of rotatable bonds is 4. The van der Waals surface area contributed by atoms with Crippen molar-refractivity contribution in [1.29, 1.82) is 0 Å². The summed E-state index contributed by atoms with van der Waals surface area (Å²) >= 11 is 0. The number of carbonyl (C=O) groups is 1. The molecule has 2 aliphatic heterocycles. The molecular weight excluding hydrogens is 319 g/mol. The Kier molecular flexibility index (Phi) is 5.91. The van der Waals surface area contributed by atoms with Crippen LogP contribution in [0.1, 0.15) is 30.6 Å². The fraction of sp³-hybridized carbons (Fsp3) is 0.632. The first-order valence-corrected chi connectivity index (χ1v) is 9.37. The highest BCUT2D eigenvalue weighted by Crippen LogP contribution is 2.22. The highest BCUT2D eigenvalue weighted by Gasteiger charge is 2.24. The van der Waals surface area contributed by atoms with Gasteiger partial charge in [0.05, 0.1) is 5.69 Å². The quantitative estimate of drug-likeness (QED) is 0.869. The molecule has 138 valence electrons. The maximum Gasteiger partial charge on any atom is 0.251 e. The number of hydrogen-bond donors (Lipinski definition) is 2. The van der Waals surface area contributed by atoms with Crippen LogP contribution in [0.2, 0.25) is 0 Å². The number of piperazine rings is 1. The first-order valence-electron chi connectivity index (χ1n) is 9.37. The molecular formula is C19H29FN4O. The van der Waals surface area contributed by atoms with Crippen LogP contribution in [-0.2, 0) is 0 Å². The third kappa shape index (κ3) is 4.30. The van der Waals surface area contributed by atoms with Gasteiger partial charge < -0.3 is 20.4 Å². The number of carbonyl (C=O) groups excluding carboxylic acids is 1. The van der Waals surface area contributed by atoms with E-state index in [4.69, 9.17) is 0 Å². The van der Waals surface area contributed by atoms with Crippen LogP contribution in [0.5, 0.6) is 0 Å². The van der Waals surface area contributed by atoms with E-state index in [0.29, 0.717) is 17.2 Å². The lowest BCUT2D eigenvalue weighted by Crippen LogP contribution is -2.48. The van der Waals surface area contributed by atoms with E-state index in [9.17, 15) is 9.18 Å². The van der Waals surface area contributed by atoms with Crippen LogP contribution in [0, 0.1) is 11.7 Å². The van der Waals surface area contributed by atoms with Gasteiger partial charge in [-0.05, 0) is 50.2 Å². The Morgan fingerprint density at radius 3 is 2.72 bits per heavy atom. The number of likely N-dealkylation sites (N-methyl/N-ethyl adjacent to an activating group) is 1. The van der Waals surface area contributed by atoms with Gasteiger partial charge in [-0.3, -0.25) is 4.79 Å². The molecule has 1 amide bonds. The molecule has 3 rings (SSSR count). The number of hydrogen-bond acceptors (Lipinski definition) is 4. The minimum Gasteiger partial charge on any atom is -0.367 e. The van der Waals surface area contributed by atoms with Gasteiger partial charge in [-0.1, -0.05) is 13.8 Å². The monoisotopic (exact) mass is 348 g/mol. The van der Waals surface area contributed by atoms with Crippen molar-refractivity contribution in [2.45, 2.75) is 26.3 Å². The first-order chi connectivity index (χ1) is 12.1. The second kappa shape index (κ2) is 8.15. The van der Waals surface area contributed by atoms with Gasteiger partial charge >= 0.3 is 0 Å². The molecule has 2 N–H and O–H groups in total. The van der Waals surface area contributed by atoms with Crippen LogP contribution >= 0.6 is 0 Å². The fourth-order valence-corrected chi connectivity index (χ4v) is 3.69. The highest BCUT2D eigenvalue weighted by atomic mass is 19.1. The minimum atomic E-state index is -0.309. The number of nitrogens with one attached hydrogen (secondary N) is 2. The van der Waals surface area contributed by atoms with E-state index in [1.54, 1.807) is 12.1 Å². The molecule has 2 atom stereocenters. The lowest BCUT2D eigenvalue weighted by Gasteiger charge is -2.35. The molecule has 1 aromatic rings. The van der Waals surface area contributed by atoms with Crippen LogP contribution < -0.4 is 15.5 Å². The van der Waals surface area contributed by atoms with Crippen molar-refractivity contribution in [2.75, 3.05) is 50.7 Å². The highest BCUT2D eigenvalue weighted by molar-refractivity contribution is 5.94. The molecule has 1 aromatic carbocycles. The number of amides is 1. The van der Waals surface area contributed by atoms with E-state index in [-0.39, 0.29) is 17.8 Å². The molecule has 2 unspecified atom stereocenters. The zero-order valence-corrected chi connectivity index (χ0v) is 15.2. The lowest BCUT2D eigenvalue weighted by molar-refractivity contribution is 0.0914. The van der Waals surface area contributed by atoms with Gasteiger partial charge in [-0.25, -0.2) is 4.39 Å². The second-order valence-corrected chi connectivity index (χ2v) is 7.14. The number of benzene rings is 1. The van der Waals surface area contributed by atoms with E-state index in [1.807, 2.05) is 0 Å². The lowest BCUT2D eigenvalue weighted by atomic mass is 9.95. The Labute approximate surface area is 149 Å². The number of anilines is 1. The van der Waals surface area contributed by atoms with Crippen molar-refractivity contribution in [3.63, 3.8) is 0 Å². The maximum absolute atomic E-state index is 14.6. The van der Waals surface area contributed by atoms with Crippen LogP contribution in [0.15, 0.2) is 18.2 Å². The van der Waals surface area contributed by atoms with E-state index in [1.165, 1.54) is 6.07 Å². The molecule has 0 bridgehead atoms. The zero-order chi connectivity index (χ0) is 17.8. The standard InChI is InChI=1S/C19H29FN4O/c1-3-23-8-10-24(11-9-23)18-5-4-15(12-16(18)20)19(25)22-17-6-7-21-13-14(17)2/h4-5,12,14,17,21H,3,6-11,13H2,1-2H3,(H,22,25). The molecule has 0 spiro atoms. The summed E-state index contributed by atoms with van der Waals surface area (Å²) in [6.45, 7) is 10.7. The SMILES string of the molecule is CCN1CCN(c2ccc(C(=O)NC3CCNCC3C)cc2F)CC1. The summed E-state index contributed by atoms with van der Waals surface area (Å²) in [7, 11) is 0. The van der Waals surface area contributed by atoms with Gasteiger partial charge in [0.2, 0.25) is 0 Å². The zero-order valence-electron chi connectivity index (χ0n) is 15.2. The van der Waals surface area contributed by atoms with Crippen molar-refractivity contribution in [3.05, 3.63) is 29.6 Å². The largest absolute Gasteiger partial charge is 0.367 e. The summed E-state index contributed by atoms with van der Waals surface area (Å²) in [5.41, 5.74) is 1.00. The smallest absolute Gasteiger partial charge is 0.251 e. The summed E-state index contributed by atoms with van der Waals surface area (Å²) < 4.78 is 14.6. The average molecular weight is 348 g/mol. The van der Waals surface area contributed by atoms with Gasteiger partial charge in [0.15, 0.2) is 0 Å². The van der Waals surface area contributed by atoms with Crippen molar-refractivity contribution in [1.82, 2.24) is 15.5 Å². The molecule has 5 nitrogen and oxygen atoms in total. The fourth-order valence-electron chi connectivity index (χ4n) is 3.69. The molecule has 0 aliphatic carbocycles. The molecule has 0 radical (unpaired) electrons. The van der Waals surface area contributed by atoms with Gasteiger partial charge in [0.1, 0.15) is 5.82 Å². The van der Waals surface area contributed by atoms with Crippen molar-refractivity contribution in [2.24, 2.45) is 5.92 Å². The summed E-state index contributed by atoms with van der Waals surface area (Å²) in [5, 5.41) is 6.38. The molecule has 6 heteroatoms. The van der Waals surface area contributed by atoms with E-state index < -0.39 is 0 Å². The van der Waals surface area contributed by atoms with Crippen LogP contribution in [0.3, 0.4) is 0 Å². The summed E-state index contributed by atoms with van der Waals surface area (Å²) in [4.78, 5) is 16.9. The predicted molar refractivity (Wildman–Crippen MR) is 98.6 cm³/mol. The number of halogens is 1. The van der Waals surface area contributed by atoms with E-state index in [2.05, 4.69) is 34.3 Å². The second-order valence-electron chi connectivity index (χ2n) is 7.14. The Bertz CT molecular complexity index is 601. The Morgan fingerprint density at radius 1 is 1.32 bits per heavy atom. The van der Waals surface area contributed by atoms with Crippen molar-refractivity contribution < 1.29 is 9.18 Å². The topological polar surface area (TPSA) is 47.6 Å². The van der Waals surface area contributed by atoms with Crippen LogP contribution in [0.4, 0.5) is 10.1 Å². The molecule has 2 aliphatic rings. The molecule has 2 saturated heterocycles. The molecule has 2 heterocycles. The summed E-state index contributed by atoms with van der Waals surface area (Å²) in [6.07, 6.45) is 0.912. The normalized spacial score (nSPS) is 25.0. The minimum absolute atomic E-state index is 0.151. The maximum atomic E-state index is 14.6. The van der Waals surface area contributed by atoms with Crippen molar-refractivity contribution >= 4 is 11.6 Å². The predicted octanol–water partition coefficient (Wildman–Crippen LogP) is 1.70. The Hall–Kier alpha value is -1.66. The van der Waals surface area contributed by atoms with Crippen LogP contribution in [-0.4, -0.2) is 62.7 Å². The van der Waals surface area contributed by atoms with Gasteiger partial charge in [-0.15, -0.1) is 0 Å². The molecule has 2 fully saturated rings.